The van der Waals surface area contributed by atoms with Gasteiger partial charge in [0, 0.05) is 6.54 Å². The molecule has 0 aliphatic rings. The van der Waals surface area contributed by atoms with Crippen molar-refractivity contribution >= 4 is 11.8 Å². The van der Waals surface area contributed by atoms with E-state index in [9.17, 15) is 14.0 Å². The summed E-state index contributed by atoms with van der Waals surface area (Å²) in [6, 6.07) is 3.59. The zero-order valence-corrected chi connectivity index (χ0v) is 12.3. The highest BCUT2D eigenvalue weighted by Crippen LogP contribution is 2.10. The third kappa shape index (κ3) is 4.64. The normalized spacial score (nSPS) is 12.1. The van der Waals surface area contributed by atoms with Gasteiger partial charge in [-0.2, -0.15) is 0 Å². The van der Waals surface area contributed by atoms with Crippen molar-refractivity contribution in [2.45, 2.75) is 33.7 Å². The molecular formula is C15H21FN2O2. The van der Waals surface area contributed by atoms with Gasteiger partial charge in [-0.05, 0) is 31.9 Å². The van der Waals surface area contributed by atoms with Gasteiger partial charge in [-0.15, -0.1) is 0 Å². The second kappa shape index (κ2) is 7.03. The maximum absolute atomic E-state index is 13.6. The molecule has 2 amide bonds. The standard InChI is InChI=1S/C15H21FN2O2/c1-9(2)8-17-14(19)11(4)18-15(20)12-7-10(3)5-6-13(12)16/h5-7,9,11H,8H2,1-4H3,(H,17,19)(H,18,20). The maximum Gasteiger partial charge on any atom is 0.254 e. The highest BCUT2D eigenvalue weighted by molar-refractivity contribution is 5.97. The number of carbonyl (C=O) groups is 2. The van der Waals surface area contributed by atoms with E-state index in [2.05, 4.69) is 10.6 Å². The predicted molar refractivity (Wildman–Crippen MR) is 75.9 cm³/mol. The van der Waals surface area contributed by atoms with E-state index in [0.717, 1.165) is 5.56 Å². The van der Waals surface area contributed by atoms with E-state index < -0.39 is 17.8 Å². The van der Waals surface area contributed by atoms with Crippen molar-refractivity contribution in [2.75, 3.05) is 6.54 Å². The summed E-state index contributed by atoms with van der Waals surface area (Å²) in [4.78, 5) is 23.7. The van der Waals surface area contributed by atoms with Gasteiger partial charge < -0.3 is 10.6 Å². The first kappa shape index (κ1) is 16.1. The van der Waals surface area contributed by atoms with E-state index in [-0.39, 0.29) is 11.5 Å². The van der Waals surface area contributed by atoms with E-state index in [1.807, 2.05) is 13.8 Å². The second-order valence-electron chi connectivity index (χ2n) is 5.32. The van der Waals surface area contributed by atoms with Crippen LogP contribution in [0, 0.1) is 18.7 Å². The average molecular weight is 280 g/mol. The Balaban J connectivity index is 2.65. The van der Waals surface area contributed by atoms with Crippen LogP contribution in [-0.4, -0.2) is 24.4 Å². The molecule has 1 unspecified atom stereocenters. The fourth-order valence-corrected chi connectivity index (χ4v) is 1.61. The van der Waals surface area contributed by atoms with Crippen molar-refractivity contribution in [1.82, 2.24) is 10.6 Å². The summed E-state index contributed by atoms with van der Waals surface area (Å²) in [7, 11) is 0. The Hall–Kier alpha value is -1.91. The van der Waals surface area contributed by atoms with Crippen molar-refractivity contribution in [3.05, 3.63) is 35.1 Å². The zero-order valence-electron chi connectivity index (χ0n) is 12.3. The highest BCUT2D eigenvalue weighted by Gasteiger charge is 2.18. The topological polar surface area (TPSA) is 58.2 Å². The van der Waals surface area contributed by atoms with E-state index >= 15 is 0 Å². The number of benzene rings is 1. The van der Waals surface area contributed by atoms with Gasteiger partial charge in [-0.1, -0.05) is 25.5 Å². The van der Waals surface area contributed by atoms with Crippen LogP contribution < -0.4 is 10.6 Å². The summed E-state index contributed by atoms with van der Waals surface area (Å²) < 4.78 is 13.6. The number of hydrogen-bond acceptors (Lipinski definition) is 2. The van der Waals surface area contributed by atoms with Gasteiger partial charge in [0.25, 0.3) is 5.91 Å². The van der Waals surface area contributed by atoms with Crippen molar-refractivity contribution in [3.63, 3.8) is 0 Å². The van der Waals surface area contributed by atoms with Gasteiger partial charge in [0.15, 0.2) is 0 Å². The molecule has 1 atom stereocenters. The van der Waals surface area contributed by atoms with Crippen molar-refractivity contribution < 1.29 is 14.0 Å². The fraction of sp³-hybridized carbons (Fsp3) is 0.467. The molecule has 0 aliphatic carbocycles. The number of amides is 2. The molecule has 2 N–H and O–H groups in total. The van der Waals surface area contributed by atoms with Gasteiger partial charge in [0.1, 0.15) is 11.9 Å². The van der Waals surface area contributed by atoms with E-state index in [4.69, 9.17) is 0 Å². The van der Waals surface area contributed by atoms with Crippen LogP contribution in [0.2, 0.25) is 0 Å². The molecule has 0 radical (unpaired) electrons. The quantitative estimate of drug-likeness (QED) is 0.867. The van der Waals surface area contributed by atoms with Crippen LogP contribution in [0.25, 0.3) is 0 Å². The molecule has 1 rings (SSSR count). The van der Waals surface area contributed by atoms with Crippen LogP contribution >= 0.6 is 0 Å². The van der Waals surface area contributed by atoms with Crippen LogP contribution in [0.1, 0.15) is 36.7 Å². The van der Waals surface area contributed by atoms with Crippen molar-refractivity contribution in [2.24, 2.45) is 5.92 Å². The Morgan fingerprint density at radius 1 is 1.25 bits per heavy atom. The van der Waals surface area contributed by atoms with Crippen LogP contribution in [0.3, 0.4) is 0 Å². The lowest BCUT2D eigenvalue weighted by atomic mass is 10.1. The zero-order chi connectivity index (χ0) is 15.3. The molecule has 0 aromatic heterocycles. The Morgan fingerprint density at radius 2 is 1.90 bits per heavy atom. The molecular weight excluding hydrogens is 259 g/mol. The largest absolute Gasteiger partial charge is 0.354 e. The Kier molecular flexibility index (Phi) is 5.67. The third-order valence-electron chi connectivity index (χ3n) is 2.79. The Bertz CT molecular complexity index is 501. The Labute approximate surface area is 118 Å². The molecule has 1 aromatic rings. The van der Waals surface area contributed by atoms with E-state index in [1.165, 1.54) is 12.1 Å². The number of aryl methyl sites for hydroxylation is 1. The van der Waals surface area contributed by atoms with E-state index in [1.54, 1.807) is 19.9 Å². The first-order valence-corrected chi connectivity index (χ1v) is 6.66. The van der Waals surface area contributed by atoms with Crippen LogP contribution in [0.5, 0.6) is 0 Å². The van der Waals surface area contributed by atoms with Gasteiger partial charge in [-0.3, -0.25) is 9.59 Å². The molecule has 0 heterocycles. The minimum atomic E-state index is -0.707. The lowest BCUT2D eigenvalue weighted by molar-refractivity contribution is -0.122. The van der Waals surface area contributed by atoms with Crippen LogP contribution in [-0.2, 0) is 4.79 Å². The molecule has 5 heteroatoms. The van der Waals surface area contributed by atoms with E-state index in [0.29, 0.717) is 12.5 Å². The molecule has 110 valence electrons. The summed E-state index contributed by atoms with van der Waals surface area (Å²) in [6.07, 6.45) is 0. The summed E-state index contributed by atoms with van der Waals surface area (Å²) in [5, 5.41) is 5.21. The predicted octanol–water partition coefficient (Wildman–Crippen LogP) is 2.02. The number of hydrogen-bond donors (Lipinski definition) is 2. The van der Waals surface area contributed by atoms with Gasteiger partial charge in [-0.25, -0.2) is 4.39 Å². The van der Waals surface area contributed by atoms with Crippen LogP contribution in [0.4, 0.5) is 4.39 Å². The van der Waals surface area contributed by atoms with Gasteiger partial charge >= 0.3 is 0 Å². The highest BCUT2D eigenvalue weighted by atomic mass is 19.1. The number of nitrogens with one attached hydrogen (secondary N) is 2. The summed E-state index contributed by atoms with van der Waals surface area (Å²) in [5.74, 6) is -1.13. The average Bonchev–Trinajstić information content (AvgIpc) is 2.38. The Morgan fingerprint density at radius 3 is 2.50 bits per heavy atom. The van der Waals surface area contributed by atoms with Crippen molar-refractivity contribution in [3.8, 4) is 0 Å². The third-order valence-corrected chi connectivity index (χ3v) is 2.79. The monoisotopic (exact) mass is 280 g/mol. The molecule has 0 saturated carbocycles. The van der Waals surface area contributed by atoms with Gasteiger partial charge in [0.2, 0.25) is 5.91 Å². The summed E-state index contributed by atoms with van der Waals surface area (Å²) in [5.41, 5.74) is 0.738. The number of rotatable bonds is 5. The minimum Gasteiger partial charge on any atom is -0.354 e. The molecule has 1 aromatic carbocycles. The molecule has 0 aliphatic heterocycles. The van der Waals surface area contributed by atoms with Crippen molar-refractivity contribution in [1.29, 1.82) is 0 Å². The maximum atomic E-state index is 13.6. The summed E-state index contributed by atoms with van der Waals surface area (Å²) >= 11 is 0. The molecule has 0 fully saturated rings. The summed E-state index contributed by atoms with van der Waals surface area (Å²) in [6.45, 7) is 7.84. The molecule has 4 nitrogen and oxygen atoms in total. The molecule has 20 heavy (non-hydrogen) atoms. The lowest BCUT2D eigenvalue weighted by Crippen LogP contribution is -2.45. The minimum absolute atomic E-state index is 0.0477. The second-order valence-corrected chi connectivity index (χ2v) is 5.32. The van der Waals surface area contributed by atoms with Gasteiger partial charge in [0.05, 0.1) is 5.56 Å². The fourth-order valence-electron chi connectivity index (χ4n) is 1.61. The molecule has 0 spiro atoms. The first-order chi connectivity index (χ1) is 9.31. The lowest BCUT2D eigenvalue weighted by Gasteiger charge is -2.15. The SMILES string of the molecule is Cc1ccc(F)c(C(=O)NC(C)C(=O)NCC(C)C)c1. The molecule has 0 bridgehead atoms. The molecule has 0 saturated heterocycles. The van der Waals surface area contributed by atoms with Crippen LogP contribution in [0.15, 0.2) is 18.2 Å². The first-order valence-electron chi connectivity index (χ1n) is 6.66. The smallest absolute Gasteiger partial charge is 0.254 e. The number of halogens is 1. The number of carbonyl (C=O) groups excluding carboxylic acids is 2.